The molecule has 2 aromatic rings. The zero-order chi connectivity index (χ0) is 13.1. The maximum Gasteiger partial charge on any atom is 0.322 e. The number of rotatable bonds is 3. The third-order valence-corrected chi connectivity index (χ3v) is 2.21. The van der Waals surface area contributed by atoms with Crippen LogP contribution in [-0.4, -0.2) is 15.0 Å². The molecule has 1 heterocycles. The molecule has 1 aromatic heterocycles. The Labute approximate surface area is 106 Å². The van der Waals surface area contributed by atoms with Crippen LogP contribution in [0.5, 0.6) is 11.8 Å². The monoisotopic (exact) mass is 267 g/mol. The molecule has 7 heteroatoms. The lowest BCUT2D eigenvalue weighted by Gasteiger charge is -2.05. The molecular weight excluding hydrogens is 260 g/mol. The molecule has 92 valence electrons. The fourth-order valence-corrected chi connectivity index (χ4v) is 1.30. The van der Waals surface area contributed by atoms with Crippen molar-refractivity contribution < 1.29 is 13.5 Å². The molecule has 0 radical (unpaired) electrons. The zero-order valence-corrected chi connectivity index (χ0v) is 9.75. The van der Waals surface area contributed by atoms with Gasteiger partial charge in [-0.2, -0.15) is 9.37 Å². The van der Waals surface area contributed by atoms with Crippen molar-refractivity contribution in [1.29, 1.82) is 0 Å². The zero-order valence-electron chi connectivity index (χ0n) is 8.93. The summed E-state index contributed by atoms with van der Waals surface area (Å²) in [7, 11) is 0. The van der Waals surface area contributed by atoms with Gasteiger partial charge in [0.1, 0.15) is 10.7 Å². The summed E-state index contributed by atoms with van der Waals surface area (Å²) in [6.07, 6.45) is 1.36. The standard InChI is InChI=1S/C11H7F2N3OS/c12-6-2-1-3-8(9(6)13)17-11-15-5-4-7(16-11)10(14)18/h1-5H,(H2,14,18). The van der Waals surface area contributed by atoms with Crippen LogP contribution in [0, 0.1) is 11.6 Å². The van der Waals surface area contributed by atoms with Crippen LogP contribution in [0.2, 0.25) is 0 Å². The molecule has 0 aliphatic carbocycles. The van der Waals surface area contributed by atoms with Gasteiger partial charge in [0.05, 0.1) is 0 Å². The van der Waals surface area contributed by atoms with E-state index in [2.05, 4.69) is 9.97 Å². The van der Waals surface area contributed by atoms with Gasteiger partial charge in [0, 0.05) is 6.20 Å². The molecule has 0 bridgehead atoms. The Balaban J connectivity index is 2.31. The number of thiocarbonyl (C=S) groups is 1. The molecule has 0 atom stereocenters. The van der Waals surface area contributed by atoms with Crippen LogP contribution in [0.15, 0.2) is 30.5 Å². The van der Waals surface area contributed by atoms with Crippen LogP contribution >= 0.6 is 12.2 Å². The summed E-state index contributed by atoms with van der Waals surface area (Å²) in [5.41, 5.74) is 5.67. The predicted octanol–water partition coefficient (Wildman–Crippen LogP) is 2.18. The Morgan fingerprint density at radius 1 is 1.28 bits per heavy atom. The van der Waals surface area contributed by atoms with Crippen molar-refractivity contribution in [3.05, 3.63) is 47.8 Å². The molecule has 4 nitrogen and oxygen atoms in total. The van der Waals surface area contributed by atoms with E-state index in [1.54, 1.807) is 0 Å². The van der Waals surface area contributed by atoms with Gasteiger partial charge in [-0.15, -0.1) is 0 Å². The summed E-state index contributed by atoms with van der Waals surface area (Å²) < 4.78 is 31.3. The van der Waals surface area contributed by atoms with E-state index in [-0.39, 0.29) is 22.4 Å². The topological polar surface area (TPSA) is 61.0 Å². The molecule has 0 saturated carbocycles. The second-order valence-corrected chi connectivity index (χ2v) is 3.68. The second-order valence-electron chi connectivity index (χ2n) is 3.24. The number of benzene rings is 1. The van der Waals surface area contributed by atoms with E-state index in [1.165, 1.54) is 24.4 Å². The third kappa shape index (κ3) is 2.57. The van der Waals surface area contributed by atoms with Gasteiger partial charge in [0.15, 0.2) is 11.6 Å². The van der Waals surface area contributed by atoms with Crippen molar-refractivity contribution >= 4 is 17.2 Å². The minimum absolute atomic E-state index is 0.0574. The number of hydrogen-bond acceptors (Lipinski definition) is 4. The van der Waals surface area contributed by atoms with Crippen molar-refractivity contribution in [2.75, 3.05) is 0 Å². The van der Waals surface area contributed by atoms with E-state index in [9.17, 15) is 8.78 Å². The molecule has 0 aliphatic rings. The SMILES string of the molecule is NC(=S)c1ccnc(Oc2cccc(F)c2F)n1. The van der Waals surface area contributed by atoms with Crippen molar-refractivity contribution in [2.45, 2.75) is 0 Å². The van der Waals surface area contributed by atoms with E-state index in [0.29, 0.717) is 0 Å². The summed E-state index contributed by atoms with van der Waals surface area (Å²) in [6, 6.07) is 4.87. The first-order chi connectivity index (χ1) is 8.58. The maximum absolute atomic E-state index is 13.3. The first kappa shape index (κ1) is 12.3. The van der Waals surface area contributed by atoms with Crippen LogP contribution in [-0.2, 0) is 0 Å². The Morgan fingerprint density at radius 2 is 2.06 bits per heavy atom. The van der Waals surface area contributed by atoms with Crippen LogP contribution in [0.1, 0.15) is 5.69 Å². The number of nitrogens with zero attached hydrogens (tertiary/aromatic N) is 2. The first-order valence-electron chi connectivity index (χ1n) is 4.82. The smallest absolute Gasteiger partial charge is 0.322 e. The van der Waals surface area contributed by atoms with E-state index < -0.39 is 11.6 Å². The molecule has 0 fully saturated rings. The van der Waals surface area contributed by atoms with Gasteiger partial charge in [-0.25, -0.2) is 9.37 Å². The van der Waals surface area contributed by atoms with E-state index >= 15 is 0 Å². The number of halogens is 2. The summed E-state index contributed by atoms with van der Waals surface area (Å²) in [5.74, 6) is -2.44. The molecule has 0 amide bonds. The van der Waals surface area contributed by atoms with Crippen molar-refractivity contribution in [3.8, 4) is 11.8 Å². The molecule has 0 aliphatic heterocycles. The highest BCUT2D eigenvalue weighted by molar-refractivity contribution is 7.80. The van der Waals surface area contributed by atoms with Crippen molar-refractivity contribution in [1.82, 2.24) is 9.97 Å². The molecule has 18 heavy (non-hydrogen) atoms. The lowest BCUT2D eigenvalue weighted by Crippen LogP contribution is -2.12. The van der Waals surface area contributed by atoms with Crippen LogP contribution in [0.25, 0.3) is 0 Å². The highest BCUT2D eigenvalue weighted by Gasteiger charge is 2.11. The molecular formula is C11H7F2N3OS. The van der Waals surface area contributed by atoms with E-state index in [4.69, 9.17) is 22.7 Å². The van der Waals surface area contributed by atoms with Crippen LogP contribution in [0.4, 0.5) is 8.78 Å². The summed E-state index contributed by atoms with van der Waals surface area (Å²) in [6.45, 7) is 0. The van der Waals surface area contributed by atoms with Gasteiger partial charge in [-0.05, 0) is 18.2 Å². The quantitative estimate of drug-likeness (QED) is 0.864. The number of aromatic nitrogens is 2. The van der Waals surface area contributed by atoms with Crippen molar-refractivity contribution in [2.24, 2.45) is 5.73 Å². The fourth-order valence-electron chi connectivity index (χ4n) is 1.19. The molecule has 0 spiro atoms. The predicted molar refractivity (Wildman–Crippen MR) is 64.4 cm³/mol. The summed E-state index contributed by atoms with van der Waals surface area (Å²) in [4.78, 5) is 7.66. The number of hydrogen-bond donors (Lipinski definition) is 1. The average Bonchev–Trinajstić information content (AvgIpc) is 2.35. The molecule has 0 saturated heterocycles. The van der Waals surface area contributed by atoms with Crippen LogP contribution in [0.3, 0.4) is 0 Å². The lowest BCUT2D eigenvalue weighted by molar-refractivity contribution is 0.393. The van der Waals surface area contributed by atoms with Crippen molar-refractivity contribution in [3.63, 3.8) is 0 Å². The molecule has 2 rings (SSSR count). The minimum atomic E-state index is -1.11. The van der Waals surface area contributed by atoms with E-state index in [1.807, 2.05) is 0 Å². The highest BCUT2D eigenvalue weighted by atomic mass is 32.1. The Morgan fingerprint density at radius 3 is 2.78 bits per heavy atom. The fraction of sp³-hybridized carbons (Fsp3) is 0. The second kappa shape index (κ2) is 5.01. The third-order valence-electron chi connectivity index (χ3n) is 2.00. The normalized spacial score (nSPS) is 10.1. The Hall–Kier alpha value is -2.15. The van der Waals surface area contributed by atoms with Crippen LogP contribution < -0.4 is 10.5 Å². The van der Waals surface area contributed by atoms with E-state index in [0.717, 1.165) is 6.07 Å². The molecule has 2 N–H and O–H groups in total. The largest absolute Gasteiger partial charge is 0.421 e. The average molecular weight is 267 g/mol. The maximum atomic E-state index is 13.3. The Kier molecular flexibility index (Phi) is 3.42. The lowest BCUT2D eigenvalue weighted by atomic mass is 10.3. The van der Waals surface area contributed by atoms with Gasteiger partial charge >= 0.3 is 6.01 Å². The molecule has 1 aromatic carbocycles. The highest BCUT2D eigenvalue weighted by Crippen LogP contribution is 2.23. The summed E-state index contributed by atoms with van der Waals surface area (Å²) in [5, 5.41) is 0. The number of nitrogens with two attached hydrogens (primary N) is 1. The first-order valence-corrected chi connectivity index (χ1v) is 5.23. The van der Waals surface area contributed by atoms with Gasteiger partial charge < -0.3 is 10.5 Å². The summed E-state index contributed by atoms with van der Waals surface area (Å²) >= 11 is 4.73. The van der Waals surface area contributed by atoms with Gasteiger partial charge in [0.25, 0.3) is 0 Å². The van der Waals surface area contributed by atoms with Gasteiger partial charge in [-0.3, -0.25) is 0 Å². The Bertz CT molecular complexity index is 607. The van der Waals surface area contributed by atoms with Gasteiger partial charge in [-0.1, -0.05) is 18.3 Å². The number of ether oxygens (including phenoxy) is 1. The minimum Gasteiger partial charge on any atom is -0.421 e. The molecule has 0 unspecified atom stereocenters. The van der Waals surface area contributed by atoms with Gasteiger partial charge in [0.2, 0.25) is 5.82 Å².